The van der Waals surface area contributed by atoms with Gasteiger partial charge in [0.15, 0.2) is 0 Å². The SMILES string of the molecule is Cc1cc(Cl)c(CCNCBr)cc1F. The van der Waals surface area contributed by atoms with Crippen LogP contribution in [0.3, 0.4) is 0 Å². The highest BCUT2D eigenvalue weighted by Gasteiger charge is 2.04. The van der Waals surface area contributed by atoms with Gasteiger partial charge in [0.2, 0.25) is 0 Å². The van der Waals surface area contributed by atoms with E-state index in [1.807, 2.05) is 0 Å². The molecule has 0 aliphatic rings. The van der Waals surface area contributed by atoms with Crippen LogP contribution in [0.15, 0.2) is 12.1 Å². The zero-order valence-corrected chi connectivity index (χ0v) is 10.3. The smallest absolute Gasteiger partial charge is 0.126 e. The Balaban J connectivity index is 2.72. The Morgan fingerprint density at radius 2 is 2.21 bits per heavy atom. The fraction of sp³-hybridized carbons (Fsp3) is 0.400. The second kappa shape index (κ2) is 5.69. The minimum absolute atomic E-state index is 0.191. The fourth-order valence-corrected chi connectivity index (χ4v) is 1.76. The zero-order valence-electron chi connectivity index (χ0n) is 7.91. The van der Waals surface area contributed by atoms with E-state index in [4.69, 9.17) is 11.6 Å². The number of alkyl halides is 1. The quantitative estimate of drug-likeness (QED) is 0.507. The van der Waals surface area contributed by atoms with Gasteiger partial charge < -0.3 is 5.32 Å². The topological polar surface area (TPSA) is 12.0 Å². The summed E-state index contributed by atoms with van der Waals surface area (Å²) in [6.45, 7) is 2.50. The van der Waals surface area contributed by atoms with Gasteiger partial charge in [0.05, 0.1) is 5.45 Å². The van der Waals surface area contributed by atoms with Crippen LogP contribution in [0, 0.1) is 12.7 Å². The molecule has 1 aromatic rings. The molecule has 0 heterocycles. The molecule has 78 valence electrons. The molecule has 0 spiro atoms. The van der Waals surface area contributed by atoms with Crippen molar-refractivity contribution in [3.8, 4) is 0 Å². The van der Waals surface area contributed by atoms with Crippen LogP contribution in [0.1, 0.15) is 11.1 Å². The molecule has 0 aliphatic carbocycles. The maximum Gasteiger partial charge on any atom is 0.126 e. The van der Waals surface area contributed by atoms with E-state index >= 15 is 0 Å². The summed E-state index contributed by atoms with van der Waals surface area (Å²) in [6, 6.07) is 3.17. The standard InChI is InChI=1S/C10H12BrClFN/c1-7-4-9(12)8(5-10(7)13)2-3-14-6-11/h4-5,14H,2-3,6H2,1H3. The Morgan fingerprint density at radius 1 is 1.50 bits per heavy atom. The molecular formula is C10H12BrClFN. The van der Waals surface area contributed by atoms with Gasteiger partial charge in [-0.15, -0.1) is 0 Å². The van der Waals surface area contributed by atoms with Crippen molar-refractivity contribution in [2.75, 3.05) is 12.0 Å². The molecule has 1 N–H and O–H groups in total. The first kappa shape index (κ1) is 12.0. The van der Waals surface area contributed by atoms with Gasteiger partial charge >= 0.3 is 0 Å². The van der Waals surface area contributed by atoms with Crippen LogP contribution >= 0.6 is 27.5 Å². The van der Waals surface area contributed by atoms with Crippen LogP contribution < -0.4 is 5.32 Å². The van der Waals surface area contributed by atoms with E-state index in [2.05, 4.69) is 21.2 Å². The summed E-state index contributed by atoms with van der Waals surface area (Å²) in [5.74, 6) is -0.191. The van der Waals surface area contributed by atoms with Crippen LogP contribution in [-0.4, -0.2) is 12.0 Å². The molecule has 0 aliphatic heterocycles. The van der Waals surface area contributed by atoms with Gasteiger partial charge in [0.1, 0.15) is 5.82 Å². The molecule has 0 aromatic heterocycles. The van der Waals surface area contributed by atoms with Crippen molar-refractivity contribution in [1.29, 1.82) is 0 Å². The van der Waals surface area contributed by atoms with Crippen LogP contribution in [0.5, 0.6) is 0 Å². The first-order valence-corrected chi connectivity index (χ1v) is 5.86. The minimum Gasteiger partial charge on any atom is -0.307 e. The molecule has 0 atom stereocenters. The summed E-state index contributed by atoms with van der Waals surface area (Å²) in [4.78, 5) is 0. The third-order valence-corrected chi connectivity index (χ3v) is 2.74. The van der Waals surface area contributed by atoms with E-state index in [1.165, 1.54) is 6.07 Å². The van der Waals surface area contributed by atoms with Crippen molar-refractivity contribution in [1.82, 2.24) is 5.32 Å². The van der Waals surface area contributed by atoms with Crippen LogP contribution in [0.4, 0.5) is 4.39 Å². The molecule has 0 amide bonds. The lowest BCUT2D eigenvalue weighted by Crippen LogP contribution is -2.14. The summed E-state index contributed by atoms with van der Waals surface area (Å²) in [5, 5.41) is 3.73. The highest BCUT2D eigenvalue weighted by atomic mass is 79.9. The minimum atomic E-state index is -0.191. The lowest BCUT2D eigenvalue weighted by molar-refractivity contribution is 0.615. The molecule has 1 aromatic carbocycles. The van der Waals surface area contributed by atoms with Gasteiger partial charge in [-0.3, -0.25) is 0 Å². The summed E-state index contributed by atoms with van der Waals surface area (Å²) in [5.41, 5.74) is 2.18. The normalized spacial score (nSPS) is 10.6. The van der Waals surface area contributed by atoms with E-state index in [0.29, 0.717) is 10.6 Å². The van der Waals surface area contributed by atoms with Crippen molar-refractivity contribution in [2.45, 2.75) is 13.3 Å². The highest BCUT2D eigenvalue weighted by molar-refractivity contribution is 9.09. The van der Waals surface area contributed by atoms with Crippen LogP contribution in [-0.2, 0) is 6.42 Å². The average Bonchev–Trinajstić information content (AvgIpc) is 2.14. The molecule has 0 bridgehead atoms. The molecule has 1 rings (SSSR count). The summed E-state index contributed by atoms with van der Waals surface area (Å²) in [6.07, 6.45) is 0.738. The maximum absolute atomic E-state index is 13.2. The van der Waals surface area contributed by atoms with E-state index in [1.54, 1.807) is 13.0 Å². The Bertz CT molecular complexity index is 317. The van der Waals surface area contributed by atoms with Gasteiger partial charge in [0.25, 0.3) is 0 Å². The Kier molecular flexibility index (Phi) is 4.85. The number of hydrogen-bond acceptors (Lipinski definition) is 1. The second-order valence-corrected chi connectivity index (χ2v) is 4.04. The van der Waals surface area contributed by atoms with Gasteiger partial charge in [0, 0.05) is 11.6 Å². The van der Waals surface area contributed by atoms with Crippen molar-refractivity contribution in [3.05, 3.63) is 34.1 Å². The lowest BCUT2D eigenvalue weighted by Gasteiger charge is -2.06. The largest absolute Gasteiger partial charge is 0.307 e. The molecule has 4 heteroatoms. The number of hydrogen-bond donors (Lipinski definition) is 1. The second-order valence-electron chi connectivity index (χ2n) is 3.08. The zero-order chi connectivity index (χ0) is 10.6. The Morgan fingerprint density at radius 3 is 2.86 bits per heavy atom. The fourth-order valence-electron chi connectivity index (χ4n) is 1.17. The predicted molar refractivity (Wildman–Crippen MR) is 61.6 cm³/mol. The molecule has 14 heavy (non-hydrogen) atoms. The van der Waals surface area contributed by atoms with Crippen LogP contribution in [0.25, 0.3) is 0 Å². The first-order valence-electron chi connectivity index (χ1n) is 4.36. The molecule has 0 unspecified atom stereocenters. The number of nitrogens with one attached hydrogen (secondary N) is 1. The monoisotopic (exact) mass is 279 g/mol. The van der Waals surface area contributed by atoms with Gasteiger partial charge in [-0.1, -0.05) is 27.5 Å². The van der Waals surface area contributed by atoms with Crippen LogP contribution in [0.2, 0.25) is 5.02 Å². The molecular weight excluding hydrogens is 268 g/mol. The average molecular weight is 281 g/mol. The van der Waals surface area contributed by atoms with Crippen molar-refractivity contribution >= 4 is 27.5 Å². The summed E-state index contributed by atoms with van der Waals surface area (Å²) in [7, 11) is 0. The molecule has 0 saturated heterocycles. The van der Waals surface area contributed by atoms with Gasteiger partial charge in [-0.2, -0.15) is 0 Å². The summed E-state index contributed by atoms with van der Waals surface area (Å²) >= 11 is 9.22. The third-order valence-electron chi connectivity index (χ3n) is 1.99. The van der Waals surface area contributed by atoms with E-state index < -0.39 is 0 Å². The Hall–Kier alpha value is -0.120. The maximum atomic E-state index is 13.2. The van der Waals surface area contributed by atoms with Crippen molar-refractivity contribution < 1.29 is 4.39 Å². The number of halogens is 3. The predicted octanol–water partition coefficient (Wildman–Crippen LogP) is 3.27. The molecule has 0 radical (unpaired) electrons. The third kappa shape index (κ3) is 3.23. The van der Waals surface area contributed by atoms with E-state index in [-0.39, 0.29) is 5.82 Å². The van der Waals surface area contributed by atoms with Crippen molar-refractivity contribution in [2.24, 2.45) is 0 Å². The van der Waals surface area contributed by atoms with Gasteiger partial charge in [-0.05, 0) is 36.6 Å². The van der Waals surface area contributed by atoms with E-state index in [0.717, 1.165) is 24.0 Å². The summed E-state index contributed by atoms with van der Waals surface area (Å²) < 4.78 is 13.2. The first-order chi connectivity index (χ1) is 6.65. The number of aryl methyl sites for hydroxylation is 1. The molecule has 1 nitrogen and oxygen atoms in total. The lowest BCUT2D eigenvalue weighted by atomic mass is 10.1. The van der Waals surface area contributed by atoms with Gasteiger partial charge in [-0.25, -0.2) is 4.39 Å². The Labute approximate surface area is 96.8 Å². The van der Waals surface area contributed by atoms with E-state index in [9.17, 15) is 4.39 Å². The molecule has 0 saturated carbocycles. The van der Waals surface area contributed by atoms with Crippen molar-refractivity contribution in [3.63, 3.8) is 0 Å². The number of rotatable bonds is 4. The number of benzene rings is 1. The highest BCUT2D eigenvalue weighted by Crippen LogP contribution is 2.20. The molecule has 0 fully saturated rings.